The molecule has 0 saturated heterocycles. The molecule has 0 aromatic rings. The number of carbonyl (C=O) groups is 1. The van der Waals surface area contributed by atoms with E-state index in [9.17, 15) is 9.90 Å². The Morgan fingerprint density at radius 3 is 1.58 bits per heavy atom. The number of carboxylic acids is 1. The van der Waals surface area contributed by atoms with Crippen LogP contribution < -0.4 is 0 Å². The van der Waals surface area contributed by atoms with Crippen LogP contribution >= 0.6 is 0 Å². The molecule has 0 aliphatic heterocycles. The summed E-state index contributed by atoms with van der Waals surface area (Å²) in [7, 11) is 0. The van der Waals surface area contributed by atoms with Crippen molar-refractivity contribution >= 4 is 5.97 Å². The third-order valence-electron chi connectivity index (χ3n) is 6.40. The monoisotopic (exact) mass is 366 g/mol. The maximum absolute atomic E-state index is 11.6. The molecule has 2 heteroatoms. The van der Waals surface area contributed by atoms with Gasteiger partial charge >= 0.3 is 5.97 Å². The smallest absolute Gasteiger partial charge is 0.306 e. The van der Waals surface area contributed by atoms with Crippen LogP contribution in [0.5, 0.6) is 0 Å². The van der Waals surface area contributed by atoms with Crippen molar-refractivity contribution in [2.75, 3.05) is 0 Å². The van der Waals surface area contributed by atoms with Crippen molar-refractivity contribution in [3.05, 3.63) is 0 Å². The van der Waals surface area contributed by atoms with Crippen molar-refractivity contribution in [3.8, 4) is 0 Å². The van der Waals surface area contributed by atoms with Crippen LogP contribution in [0.4, 0.5) is 0 Å². The predicted octanol–water partition coefficient (Wildman–Crippen LogP) is 8.14. The number of unbranched alkanes of at least 4 members (excludes halogenated alkanes) is 13. The quantitative estimate of drug-likeness (QED) is 0.264. The molecule has 26 heavy (non-hydrogen) atoms. The molecule has 154 valence electrons. The maximum atomic E-state index is 11.6. The van der Waals surface area contributed by atoms with Crippen LogP contribution in [0.25, 0.3) is 0 Å². The first-order valence-electron chi connectivity index (χ1n) is 12.0. The fourth-order valence-electron chi connectivity index (χ4n) is 4.66. The van der Waals surface area contributed by atoms with Gasteiger partial charge in [0.05, 0.1) is 5.92 Å². The molecule has 1 aliphatic rings. The van der Waals surface area contributed by atoms with E-state index in [0.29, 0.717) is 5.92 Å². The number of rotatable bonds is 17. The first-order chi connectivity index (χ1) is 12.8. The van der Waals surface area contributed by atoms with E-state index in [1.54, 1.807) is 0 Å². The lowest BCUT2D eigenvalue weighted by molar-refractivity contribution is -0.144. The summed E-state index contributed by atoms with van der Waals surface area (Å²) in [4.78, 5) is 11.6. The molecule has 0 spiro atoms. The molecule has 1 saturated carbocycles. The van der Waals surface area contributed by atoms with E-state index in [4.69, 9.17) is 0 Å². The summed E-state index contributed by atoms with van der Waals surface area (Å²) in [5, 5.41) is 9.53. The highest BCUT2D eigenvalue weighted by Gasteiger charge is 2.28. The zero-order valence-electron chi connectivity index (χ0n) is 17.7. The van der Waals surface area contributed by atoms with E-state index < -0.39 is 5.97 Å². The summed E-state index contributed by atoms with van der Waals surface area (Å²) in [6, 6.07) is 0. The molecule has 0 heterocycles. The molecule has 0 bridgehead atoms. The highest BCUT2D eigenvalue weighted by Crippen LogP contribution is 2.33. The van der Waals surface area contributed by atoms with E-state index in [-0.39, 0.29) is 5.92 Å². The Bertz CT molecular complexity index is 320. The number of aliphatic carboxylic acids is 1. The summed E-state index contributed by atoms with van der Waals surface area (Å²) in [6.45, 7) is 2.28. The third kappa shape index (κ3) is 12.0. The number of hydrogen-bond acceptors (Lipinski definition) is 1. The summed E-state index contributed by atoms with van der Waals surface area (Å²) < 4.78 is 0. The highest BCUT2D eigenvalue weighted by atomic mass is 16.4. The zero-order valence-corrected chi connectivity index (χ0v) is 17.7. The second-order valence-electron chi connectivity index (χ2n) is 8.73. The van der Waals surface area contributed by atoms with Crippen LogP contribution in [0.1, 0.15) is 135 Å². The molecule has 0 amide bonds. The van der Waals surface area contributed by atoms with Crippen molar-refractivity contribution in [2.45, 2.75) is 135 Å². The second kappa shape index (κ2) is 16.6. The fourth-order valence-corrected chi connectivity index (χ4v) is 4.66. The molecule has 1 aliphatic carbocycles. The first-order valence-corrected chi connectivity index (χ1v) is 12.0. The van der Waals surface area contributed by atoms with Crippen LogP contribution in [-0.2, 0) is 4.79 Å². The van der Waals surface area contributed by atoms with Crippen molar-refractivity contribution in [1.29, 1.82) is 0 Å². The van der Waals surface area contributed by atoms with Crippen LogP contribution in [0.2, 0.25) is 0 Å². The molecular weight excluding hydrogens is 320 g/mol. The predicted molar refractivity (Wildman–Crippen MR) is 113 cm³/mol. The van der Waals surface area contributed by atoms with Crippen molar-refractivity contribution in [1.82, 2.24) is 0 Å². The van der Waals surface area contributed by atoms with Gasteiger partial charge in [-0.05, 0) is 25.2 Å². The molecular formula is C24H46O2. The Morgan fingerprint density at radius 2 is 1.15 bits per heavy atom. The summed E-state index contributed by atoms with van der Waals surface area (Å²) in [5.74, 6) is -0.137. The van der Waals surface area contributed by atoms with Gasteiger partial charge in [-0.15, -0.1) is 0 Å². The average Bonchev–Trinajstić information content (AvgIpc) is 2.65. The minimum Gasteiger partial charge on any atom is -0.481 e. The lowest BCUT2D eigenvalue weighted by Gasteiger charge is -2.27. The molecule has 1 N–H and O–H groups in total. The number of hydrogen-bond donors (Lipinski definition) is 1. The van der Waals surface area contributed by atoms with Crippen molar-refractivity contribution in [3.63, 3.8) is 0 Å². The van der Waals surface area contributed by atoms with Gasteiger partial charge in [-0.3, -0.25) is 4.79 Å². The van der Waals surface area contributed by atoms with Crippen LogP contribution in [-0.4, -0.2) is 11.1 Å². The summed E-state index contributed by atoms with van der Waals surface area (Å²) in [5.41, 5.74) is 0. The van der Waals surface area contributed by atoms with E-state index in [2.05, 4.69) is 6.92 Å². The SMILES string of the molecule is CCCCCCCCCCCCCCCCC(C(=O)O)C1CCCCC1. The second-order valence-corrected chi connectivity index (χ2v) is 8.73. The lowest BCUT2D eigenvalue weighted by atomic mass is 9.78. The largest absolute Gasteiger partial charge is 0.481 e. The van der Waals surface area contributed by atoms with Crippen LogP contribution in [0, 0.1) is 11.8 Å². The maximum Gasteiger partial charge on any atom is 0.306 e. The van der Waals surface area contributed by atoms with Crippen LogP contribution in [0.15, 0.2) is 0 Å². The van der Waals surface area contributed by atoms with Crippen molar-refractivity contribution < 1.29 is 9.90 Å². The van der Waals surface area contributed by atoms with Gasteiger partial charge in [0, 0.05) is 0 Å². The lowest BCUT2D eigenvalue weighted by Crippen LogP contribution is -2.25. The summed E-state index contributed by atoms with van der Waals surface area (Å²) in [6.07, 6.45) is 26.1. The Kier molecular flexibility index (Phi) is 15.0. The molecule has 1 rings (SSSR count). The molecule has 0 aromatic heterocycles. The van der Waals surface area contributed by atoms with E-state index in [1.807, 2.05) is 0 Å². The topological polar surface area (TPSA) is 37.3 Å². The van der Waals surface area contributed by atoms with E-state index in [1.165, 1.54) is 103 Å². The van der Waals surface area contributed by atoms with Gasteiger partial charge in [0.2, 0.25) is 0 Å². The standard InChI is InChI=1S/C24H46O2/c1-2-3-4-5-6-7-8-9-10-11-12-13-14-18-21-23(24(25)26)22-19-16-15-17-20-22/h22-23H,2-21H2,1H3,(H,25,26). The molecule has 2 nitrogen and oxygen atoms in total. The fraction of sp³-hybridized carbons (Fsp3) is 0.958. The van der Waals surface area contributed by atoms with Crippen molar-refractivity contribution in [2.24, 2.45) is 11.8 Å². The van der Waals surface area contributed by atoms with E-state index >= 15 is 0 Å². The molecule has 1 unspecified atom stereocenters. The highest BCUT2D eigenvalue weighted by molar-refractivity contribution is 5.70. The van der Waals surface area contributed by atoms with Gasteiger partial charge in [-0.1, -0.05) is 116 Å². The minimum atomic E-state index is -0.536. The average molecular weight is 367 g/mol. The molecule has 0 radical (unpaired) electrons. The van der Waals surface area contributed by atoms with Gasteiger partial charge in [-0.25, -0.2) is 0 Å². The first kappa shape index (κ1) is 23.5. The Balaban J connectivity index is 1.88. The Morgan fingerprint density at radius 1 is 0.731 bits per heavy atom. The number of carboxylic acid groups (broad SMARTS) is 1. The molecule has 0 aromatic carbocycles. The van der Waals surface area contributed by atoms with Gasteiger partial charge < -0.3 is 5.11 Å². The zero-order chi connectivity index (χ0) is 18.9. The minimum absolute atomic E-state index is 0.0624. The third-order valence-corrected chi connectivity index (χ3v) is 6.40. The molecule has 1 fully saturated rings. The van der Waals surface area contributed by atoms with Gasteiger partial charge in [-0.2, -0.15) is 0 Å². The van der Waals surface area contributed by atoms with Gasteiger partial charge in [0.15, 0.2) is 0 Å². The Hall–Kier alpha value is -0.530. The van der Waals surface area contributed by atoms with Gasteiger partial charge in [0.25, 0.3) is 0 Å². The normalized spacial score (nSPS) is 16.7. The van der Waals surface area contributed by atoms with E-state index in [0.717, 1.165) is 25.7 Å². The Labute approximate surface area is 163 Å². The van der Waals surface area contributed by atoms with Crippen LogP contribution in [0.3, 0.4) is 0 Å². The van der Waals surface area contributed by atoms with Gasteiger partial charge in [0.1, 0.15) is 0 Å². The summed E-state index contributed by atoms with van der Waals surface area (Å²) >= 11 is 0. The molecule has 1 atom stereocenters.